The van der Waals surface area contributed by atoms with E-state index in [0.29, 0.717) is 10.0 Å². The molecule has 0 bridgehead atoms. The lowest BCUT2D eigenvalue weighted by Crippen LogP contribution is -2.29. The Kier molecular flexibility index (Phi) is 4.76. The molecule has 1 rings (SSSR count). The van der Waals surface area contributed by atoms with Crippen LogP contribution in [0, 0.1) is 6.92 Å². The van der Waals surface area contributed by atoms with Gasteiger partial charge in [-0.1, -0.05) is 20.8 Å². The number of nitrogens with one attached hydrogen (secondary N) is 1. The third-order valence-corrected chi connectivity index (χ3v) is 3.95. The summed E-state index contributed by atoms with van der Waals surface area (Å²) in [6, 6.07) is 4.04. The molecule has 0 fully saturated rings. The van der Waals surface area contributed by atoms with Gasteiger partial charge in [-0.05, 0) is 30.7 Å². The smallest absolute Gasteiger partial charge is 0.277 e. The first-order valence-corrected chi connectivity index (χ1v) is 6.86. The van der Waals surface area contributed by atoms with Crippen LogP contribution in [0.5, 0.6) is 0 Å². The van der Waals surface area contributed by atoms with Crippen molar-refractivity contribution < 1.29 is 26.4 Å². The Bertz CT molecular complexity index is 530. The number of hydrogen-bond acceptors (Lipinski definition) is 3. The predicted octanol–water partition coefficient (Wildman–Crippen LogP) is 2.53. The maximum atomic E-state index is 11.8. The monoisotopic (exact) mass is 347 g/mol. The van der Waals surface area contributed by atoms with Gasteiger partial charge in [-0.2, -0.15) is 13.2 Å². The summed E-state index contributed by atoms with van der Waals surface area (Å²) in [5.74, 6) is 0. The highest BCUT2D eigenvalue weighted by molar-refractivity contribution is 9.10. The van der Waals surface area contributed by atoms with Crippen molar-refractivity contribution in [2.24, 2.45) is 0 Å². The molecule has 0 aliphatic rings. The van der Waals surface area contributed by atoms with Gasteiger partial charge in [0.15, 0.2) is 6.61 Å². The molecule has 0 saturated heterocycles. The first-order chi connectivity index (χ1) is 8.12. The zero-order valence-corrected chi connectivity index (χ0v) is 11.5. The van der Waals surface area contributed by atoms with Crippen LogP contribution in [0.3, 0.4) is 0 Å². The third kappa shape index (κ3) is 4.56. The van der Waals surface area contributed by atoms with Crippen molar-refractivity contribution in [1.29, 1.82) is 0 Å². The largest absolute Gasteiger partial charge is 0.413 e. The first kappa shape index (κ1) is 15.4. The van der Waals surface area contributed by atoms with Gasteiger partial charge in [0, 0.05) is 4.47 Å². The fourth-order valence-corrected chi connectivity index (χ4v) is 2.16. The highest BCUT2D eigenvalue weighted by Crippen LogP contribution is 2.20. The van der Waals surface area contributed by atoms with Gasteiger partial charge in [-0.3, -0.25) is 4.84 Å². The van der Waals surface area contributed by atoms with E-state index in [1.807, 2.05) is 0 Å². The molecule has 0 spiro atoms. The molecule has 0 unspecified atom stereocenters. The summed E-state index contributed by atoms with van der Waals surface area (Å²) in [7, 11) is -4.12. The maximum Gasteiger partial charge on any atom is 0.413 e. The summed E-state index contributed by atoms with van der Waals surface area (Å²) in [6.45, 7) is -0.0403. The minimum Gasteiger partial charge on any atom is -0.277 e. The van der Waals surface area contributed by atoms with Crippen molar-refractivity contribution in [2.75, 3.05) is 6.61 Å². The van der Waals surface area contributed by atoms with Crippen molar-refractivity contribution >= 4 is 26.0 Å². The molecule has 1 aromatic rings. The Labute approximate surface area is 110 Å². The topological polar surface area (TPSA) is 55.4 Å². The Hall–Kier alpha value is -0.640. The van der Waals surface area contributed by atoms with Gasteiger partial charge in [0.05, 0.1) is 4.90 Å². The molecule has 4 nitrogen and oxygen atoms in total. The second-order valence-electron chi connectivity index (χ2n) is 3.40. The Morgan fingerprint density at radius 1 is 1.39 bits per heavy atom. The summed E-state index contributed by atoms with van der Waals surface area (Å²) >= 11 is 3.18. The van der Waals surface area contributed by atoms with E-state index in [2.05, 4.69) is 20.8 Å². The molecular weight excluding hydrogens is 339 g/mol. The number of benzene rings is 1. The Morgan fingerprint density at radius 2 is 2.00 bits per heavy atom. The second kappa shape index (κ2) is 5.55. The van der Waals surface area contributed by atoms with E-state index < -0.39 is 22.8 Å². The molecule has 9 heteroatoms. The SMILES string of the molecule is Cc1cc(S(=O)(=O)NOCC(F)(F)F)ccc1Br. The highest BCUT2D eigenvalue weighted by Gasteiger charge is 2.29. The zero-order chi connectivity index (χ0) is 14.0. The summed E-state index contributed by atoms with van der Waals surface area (Å²) in [6.07, 6.45) is -4.60. The number of sulfonamides is 1. The van der Waals surface area contributed by atoms with Gasteiger partial charge in [0.1, 0.15) is 0 Å². The van der Waals surface area contributed by atoms with Gasteiger partial charge in [-0.25, -0.2) is 8.42 Å². The molecule has 0 heterocycles. The quantitative estimate of drug-likeness (QED) is 0.851. The van der Waals surface area contributed by atoms with Crippen LogP contribution in [0.4, 0.5) is 13.2 Å². The molecule has 18 heavy (non-hydrogen) atoms. The minimum absolute atomic E-state index is 0.176. The number of hydrogen-bond donors (Lipinski definition) is 1. The molecule has 0 saturated carbocycles. The fourth-order valence-electron chi connectivity index (χ4n) is 1.02. The van der Waals surface area contributed by atoms with E-state index in [1.165, 1.54) is 23.1 Å². The zero-order valence-electron chi connectivity index (χ0n) is 9.08. The first-order valence-electron chi connectivity index (χ1n) is 4.58. The molecule has 1 aromatic carbocycles. The van der Waals surface area contributed by atoms with Gasteiger partial charge in [0.2, 0.25) is 0 Å². The van der Waals surface area contributed by atoms with Crippen LogP contribution in [0.25, 0.3) is 0 Å². The lowest BCUT2D eigenvalue weighted by atomic mass is 10.2. The average molecular weight is 348 g/mol. The van der Waals surface area contributed by atoms with E-state index >= 15 is 0 Å². The van der Waals surface area contributed by atoms with E-state index in [9.17, 15) is 21.6 Å². The van der Waals surface area contributed by atoms with Crippen LogP contribution in [0.2, 0.25) is 0 Å². The molecule has 0 radical (unpaired) electrons. The maximum absolute atomic E-state index is 11.8. The molecule has 0 amide bonds. The molecular formula is C9H9BrF3NO3S. The molecule has 0 aliphatic carbocycles. The lowest BCUT2D eigenvalue weighted by molar-refractivity contribution is -0.181. The van der Waals surface area contributed by atoms with Gasteiger partial charge in [0.25, 0.3) is 10.0 Å². The molecule has 0 aliphatic heterocycles. The lowest BCUT2D eigenvalue weighted by Gasteiger charge is -2.10. The number of alkyl halides is 3. The van der Waals surface area contributed by atoms with Crippen LogP contribution < -0.4 is 4.89 Å². The summed E-state index contributed by atoms with van der Waals surface area (Å²) < 4.78 is 59.2. The van der Waals surface area contributed by atoms with Gasteiger partial charge < -0.3 is 0 Å². The van der Waals surface area contributed by atoms with E-state index in [1.54, 1.807) is 6.92 Å². The average Bonchev–Trinajstić information content (AvgIpc) is 2.19. The van der Waals surface area contributed by atoms with E-state index in [4.69, 9.17) is 0 Å². The van der Waals surface area contributed by atoms with Crippen LogP contribution >= 0.6 is 15.9 Å². The van der Waals surface area contributed by atoms with E-state index in [0.717, 1.165) is 0 Å². The normalized spacial score (nSPS) is 12.7. The third-order valence-electron chi connectivity index (χ3n) is 1.84. The van der Waals surface area contributed by atoms with Crippen molar-refractivity contribution in [2.45, 2.75) is 18.0 Å². The van der Waals surface area contributed by atoms with Crippen LogP contribution in [-0.4, -0.2) is 21.2 Å². The second-order valence-corrected chi connectivity index (χ2v) is 5.90. The van der Waals surface area contributed by atoms with Crippen LogP contribution in [0.15, 0.2) is 27.6 Å². The summed E-state index contributed by atoms with van der Waals surface area (Å²) in [5.41, 5.74) is 0.633. The summed E-state index contributed by atoms with van der Waals surface area (Å²) in [5, 5.41) is 0. The standard InChI is InChI=1S/C9H9BrF3NO3S/c1-6-4-7(2-3-8(6)10)18(15,16)14-17-5-9(11,12)13/h2-4,14H,5H2,1H3. The van der Waals surface area contributed by atoms with Crippen molar-refractivity contribution in [3.8, 4) is 0 Å². The Morgan fingerprint density at radius 3 is 2.50 bits per heavy atom. The number of rotatable bonds is 4. The molecule has 0 atom stereocenters. The minimum atomic E-state index is -4.60. The van der Waals surface area contributed by atoms with Crippen molar-refractivity contribution in [3.05, 3.63) is 28.2 Å². The van der Waals surface area contributed by atoms with Crippen LogP contribution in [-0.2, 0) is 14.9 Å². The van der Waals surface area contributed by atoms with Gasteiger partial charge in [-0.15, -0.1) is 0 Å². The van der Waals surface area contributed by atoms with Crippen molar-refractivity contribution in [1.82, 2.24) is 4.89 Å². The number of halogens is 4. The molecule has 102 valence electrons. The van der Waals surface area contributed by atoms with Gasteiger partial charge >= 0.3 is 6.18 Å². The summed E-state index contributed by atoms with van der Waals surface area (Å²) in [4.78, 5) is 5.15. The number of aryl methyl sites for hydroxylation is 1. The van der Waals surface area contributed by atoms with Crippen molar-refractivity contribution in [3.63, 3.8) is 0 Å². The fraction of sp³-hybridized carbons (Fsp3) is 0.333. The molecule has 1 N–H and O–H groups in total. The van der Waals surface area contributed by atoms with Crippen LogP contribution in [0.1, 0.15) is 5.56 Å². The highest BCUT2D eigenvalue weighted by atomic mass is 79.9. The predicted molar refractivity (Wildman–Crippen MR) is 61.2 cm³/mol. The Balaban J connectivity index is 2.77. The molecule has 0 aromatic heterocycles. The van der Waals surface area contributed by atoms with E-state index in [-0.39, 0.29) is 4.90 Å².